The number of sulfonamides is 1. The predicted molar refractivity (Wildman–Crippen MR) is 109 cm³/mol. The normalized spacial score (nSPS) is 11.5. The molecule has 3 rings (SSSR count). The Morgan fingerprint density at radius 2 is 1.59 bits per heavy atom. The molecule has 0 aliphatic rings. The Labute approximate surface area is 167 Å². The Balaban J connectivity index is 1.96. The predicted octanol–water partition coefficient (Wildman–Crippen LogP) is 4.58. The molecule has 3 aromatic carbocycles. The first kappa shape index (κ1) is 19.6. The molecule has 0 radical (unpaired) electrons. The molecule has 8 heteroatoms. The van der Waals surface area contributed by atoms with Crippen molar-refractivity contribution in [3.05, 3.63) is 70.2 Å². The molecule has 5 nitrogen and oxygen atoms in total. The standard InChI is InChI=1S/C19H16Cl2N2O3S/c1-12(24)23-18-6-2-5-17-16(18)4-3-7-19(17)27(25,26)22-11-13-8-14(20)10-15(21)9-13/h2-10,22H,11H2,1H3,(H,23,24). The molecule has 0 aliphatic carbocycles. The SMILES string of the molecule is CC(=O)Nc1cccc2c(S(=O)(=O)NCc3cc(Cl)cc(Cl)c3)cccc12. The molecule has 0 fully saturated rings. The largest absolute Gasteiger partial charge is 0.326 e. The van der Waals surface area contributed by atoms with E-state index in [0.717, 1.165) is 0 Å². The molecule has 0 atom stereocenters. The summed E-state index contributed by atoms with van der Waals surface area (Å²) in [5.41, 5.74) is 1.20. The van der Waals surface area contributed by atoms with Gasteiger partial charge in [-0.05, 0) is 35.9 Å². The van der Waals surface area contributed by atoms with Crippen LogP contribution in [0.2, 0.25) is 10.0 Å². The van der Waals surface area contributed by atoms with Gasteiger partial charge in [0, 0.05) is 40.0 Å². The Hall–Kier alpha value is -2.12. The maximum absolute atomic E-state index is 12.9. The Bertz CT molecular complexity index is 1110. The zero-order valence-corrected chi connectivity index (χ0v) is 16.6. The van der Waals surface area contributed by atoms with Gasteiger partial charge in [-0.2, -0.15) is 0 Å². The van der Waals surface area contributed by atoms with Crippen LogP contribution in [-0.4, -0.2) is 14.3 Å². The first-order chi connectivity index (χ1) is 12.8. The van der Waals surface area contributed by atoms with E-state index in [1.807, 2.05) is 0 Å². The van der Waals surface area contributed by atoms with Crippen molar-refractivity contribution in [1.29, 1.82) is 0 Å². The van der Waals surface area contributed by atoms with Crippen LogP contribution in [0.15, 0.2) is 59.5 Å². The topological polar surface area (TPSA) is 75.3 Å². The molecule has 0 aromatic heterocycles. The van der Waals surface area contributed by atoms with Gasteiger partial charge in [0.1, 0.15) is 0 Å². The zero-order chi connectivity index (χ0) is 19.6. The van der Waals surface area contributed by atoms with Crippen LogP contribution in [0.5, 0.6) is 0 Å². The number of fused-ring (bicyclic) bond motifs is 1. The minimum absolute atomic E-state index is 0.0460. The summed E-state index contributed by atoms with van der Waals surface area (Å²) in [6.45, 7) is 1.45. The number of anilines is 1. The molecule has 0 saturated carbocycles. The third kappa shape index (κ3) is 4.59. The molecule has 3 aromatic rings. The highest BCUT2D eigenvalue weighted by Crippen LogP contribution is 2.29. The lowest BCUT2D eigenvalue weighted by Gasteiger charge is -2.12. The summed E-state index contributed by atoms with van der Waals surface area (Å²) in [7, 11) is -3.80. The van der Waals surface area contributed by atoms with E-state index < -0.39 is 10.0 Å². The van der Waals surface area contributed by atoms with Gasteiger partial charge in [0.15, 0.2) is 0 Å². The van der Waals surface area contributed by atoms with Crippen LogP contribution in [0.1, 0.15) is 12.5 Å². The van der Waals surface area contributed by atoms with Crippen LogP contribution >= 0.6 is 23.2 Å². The van der Waals surface area contributed by atoms with Gasteiger partial charge in [0.05, 0.1) is 4.90 Å². The monoisotopic (exact) mass is 422 g/mol. The second-order valence-electron chi connectivity index (χ2n) is 5.94. The smallest absolute Gasteiger partial charge is 0.241 e. The van der Waals surface area contributed by atoms with E-state index in [1.54, 1.807) is 48.5 Å². The molecule has 0 spiro atoms. The molecular weight excluding hydrogens is 407 g/mol. The number of benzene rings is 3. The highest BCUT2D eigenvalue weighted by atomic mass is 35.5. The van der Waals surface area contributed by atoms with Crippen LogP contribution < -0.4 is 10.0 Å². The van der Waals surface area contributed by atoms with Gasteiger partial charge in [0.25, 0.3) is 0 Å². The highest BCUT2D eigenvalue weighted by Gasteiger charge is 2.18. The van der Waals surface area contributed by atoms with Gasteiger partial charge >= 0.3 is 0 Å². The fraction of sp³-hybridized carbons (Fsp3) is 0.105. The average Bonchev–Trinajstić information content (AvgIpc) is 2.59. The van der Waals surface area contributed by atoms with E-state index >= 15 is 0 Å². The van der Waals surface area contributed by atoms with E-state index in [1.165, 1.54) is 13.0 Å². The van der Waals surface area contributed by atoms with Gasteiger partial charge in [-0.25, -0.2) is 13.1 Å². The zero-order valence-electron chi connectivity index (χ0n) is 14.3. The molecule has 140 valence electrons. The lowest BCUT2D eigenvalue weighted by atomic mass is 10.1. The fourth-order valence-corrected chi connectivity index (χ4v) is 4.59. The molecule has 27 heavy (non-hydrogen) atoms. The maximum atomic E-state index is 12.9. The first-order valence-corrected chi connectivity index (χ1v) is 10.2. The molecule has 0 heterocycles. The third-order valence-corrected chi connectivity index (χ3v) is 5.77. The van der Waals surface area contributed by atoms with Crippen molar-refractivity contribution in [2.24, 2.45) is 0 Å². The number of hydrogen-bond acceptors (Lipinski definition) is 3. The molecular formula is C19H16Cl2N2O3S. The van der Waals surface area contributed by atoms with Gasteiger partial charge in [-0.15, -0.1) is 0 Å². The summed E-state index contributed by atoms with van der Waals surface area (Å²) in [4.78, 5) is 11.5. The quantitative estimate of drug-likeness (QED) is 0.631. The number of amides is 1. The molecule has 0 unspecified atom stereocenters. The Kier molecular flexibility index (Phi) is 5.72. The summed E-state index contributed by atoms with van der Waals surface area (Å²) in [5.74, 6) is -0.230. The number of halogens is 2. The van der Waals surface area contributed by atoms with E-state index in [0.29, 0.717) is 32.1 Å². The van der Waals surface area contributed by atoms with Crippen molar-refractivity contribution >= 4 is 55.6 Å². The van der Waals surface area contributed by atoms with E-state index in [-0.39, 0.29) is 17.3 Å². The third-order valence-electron chi connectivity index (χ3n) is 3.87. The highest BCUT2D eigenvalue weighted by molar-refractivity contribution is 7.89. The lowest BCUT2D eigenvalue weighted by molar-refractivity contribution is -0.114. The summed E-state index contributed by atoms with van der Waals surface area (Å²) in [6.07, 6.45) is 0. The Morgan fingerprint density at radius 3 is 2.26 bits per heavy atom. The van der Waals surface area contributed by atoms with Crippen LogP contribution in [0.4, 0.5) is 5.69 Å². The first-order valence-electron chi connectivity index (χ1n) is 8.00. The number of rotatable bonds is 5. The van der Waals surface area contributed by atoms with E-state index in [9.17, 15) is 13.2 Å². The Morgan fingerprint density at radius 1 is 0.963 bits per heavy atom. The number of carbonyl (C=O) groups is 1. The summed E-state index contributed by atoms with van der Waals surface area (Å²) in [5, 5.41) is 4.73. The average molecular weight is 423 g/mol. The number of nitrogens with one attached hydrogen (secondary N) is 2. The van der Waals surface area contributed by atoms with Crippen molar-refractivity contribution in [1.82, 2.24) is 4.72 Å². The van der Waals surface area contributed by atoms with Crippen molar-refractivity contribution in [2.45, 2.75) is 18.4 Å². The summed E-state index contributed by atoms with van der Waals surface area (Å²) in [6, 6.07) is 14.9. The molecule has 1 amide bonds. The lowest BCUT2D eigenvalue weighted by Crippen LogP contribution is -2.23. The van der Waals surface area contributed by atoms with Gasteiger partial charge in [-0.1, -0.05) is 47.5 Å². The molecule has 0 aliphatic heterocycles. The van der Waals surface area contributed by atoms with Crippen molar-refractivity contribution in [2.75, 3.05) is 5.32 Å². The van der Waals surface area contributed by atoms with Crippen LogP contribution in [-0.2, 0) is 21.4 Å². The summed E-state index contributed by atoms with van der Waals surface area (Å²) < 4.78 is 28.3. The van der Waals surface area contributed by atoms with Crippen LogP contribution in [0.3, 0.4) is 0 Å². The number of hydrogen-bond donors (Lipinski definition) is 2. The molecule has 0 bridgehead atoms. The fourth-order valence-electron chi connectivity index (χ4n) is 2.78. The van der Waals surface area contributed by atoms with Crippen molar-refractivity contribution < 1.29 is 13.2 Å². The summed E-state index contributed by atoms with van der Waals surface area (Å²) >= 11 is 11.9. The van der Waals surface area contributed by atoms with Crippen LogP contribution in [0.25, 0.3) is 10.8 Å². The van der Waals surface area contributed by atoms with Crippen molar-refractivity contribution in [3.8, 4) is 0 Å². The molecule has 2 N–H and O–H groups in total. The molecule has 0 saturated heterocycles. The van der Waals surface area contributed by atoms with Gasteiger partial charge in [0.2, 0.25) is 15.9 Å². The van der Waals surface area contributed by atoms with Gasteiger partial charge < -0.3 is 5.32 Å². The minimum atomic E-state index is -3.80. The van der Waals surface area contributed by atoms with Gasteiger partial charge in [-0.3, -0.25) is 4.79 Å². The maximum Gasteiger partial charge on any atom is 0.241 e. The van der Waals surface area contributed by atoms with E-state index in [4.69, 9.17) is 23.2 Å². The van der Waals surface area contributed by atoms with E-state index in [2.05, 4.69) is 10.0 Å². The second-order valence-corrected chi connectivity index (χ2v) is 8.55. The minimum Gasteiger partial charge on any atom is -0.326 e. The van der Waals surface area contributed by atoms with Crippen molar-refractivity contribution in [3.63, 3.8) is 0 Å². The van der Waals surface area contributed by atoms with Crippen LogP contribution in [0, 0.1) is 0 Å². The number of carbonyl (C=O) groups excluding carboxylic acids is 1. The second kappa shape index (κ2) is 7.86.